The molecule has 3 heterocycles. The lowest BCUT2D eigenvalue weighted by Crippen LogP contribution is -2.30. The number of aromatic nitrogens is 3. The first-order valence-corrected chi connectivity index (χ1v) is 7.79. The monoisotopic (exact) mass is 326 g/mol. The summed E-state index contributed by atoms with van der Waals surface area (Å²) in [6, 6.07) is 2.84. The van der Waals surface area contributed by atoms with E-state index in [0.29, 0.717) is 12.1 Å². The van der Waals surface area contributed by atoms with Crippen LogP contribution in [0.4, 0.5) is 0 Å². The second kappa shape index (κ2) is 5.11. The highest BCUT2D eigenvalue weighted by Crippen LogP contribution is 2.29. The molecule has 1 aliphatic rings. The normalized spacial score (nSPS) is 20.7. The Kier molecular flexibility index (Phi) is 3.50. The zero-order chi connectivity index (χ0) is 12.5. The Labute approximate surface area is 119 Å². The van der Waals surface area contributed by atoms with Gasteiger partial charge in [0.15, 0.2) is 0 Å². The zero-order valence-corrected chi connectivity index (χ0v) is 12.5. The smallest absolute Gasteiger partial charge is 0.143 e. The van der Waals surface area contributed by atoms with Crippen molar-refractivity contribution >= 4 is 27.3 Å². The molecule has 18 heavy (non-hydrogen) atoms. The first-order valence-electron chi connectivity index (χ1n) is 6.11. The van der Waals surface area contributed by atoms with Crippen molar-refractivity contribution < 1.29 is 0 Å². The van der Waals surface area contributed by atoms with Crippen LogP contribution >= 0.6 is 27.3 Å². The summed E-state index contributed by atoms with van der Waals surface area (Å²) >= 11 is 5.28. The van der Waals surface area contributed by atoms with E-state index in [2.05, 4.69) is 49.7 Å². The fraction of sp³-hybridized carbons (Fsp3) is 0.500. The molecule has 2 atom stereocenters. The first-order chi connectivity index (χ1) is 8.74. The van der Waals surface area contributed by atoms with Gasteiger partial charge in [0.2, 0.25) is 0 Å². The summed E-state index contributed by atoms with van der Waals surface area (Å²) in [6.07, 6.45) is 3.95. The third kappa shape index (κ3) is 2.37. The van der Waals surface area contributed by atoms with Gasteiger partial charge in [-0.3, -0.25) is 5.32 Å². The van der Waals surface area contributed by atoms with Gasteiger partial charge in [-0.05, 0) is 41.8 Å². The van der Waals surface area contributed by atoms with Crippen molar-refractivity contribution in [3.05, 3.63) is 32.9 Å². The third-order valence-corrected chi connectivity index (χ3v) is 5.16. The Morgan fingerprint density at radius 3 is 3.28 bits per heavy atom. The third-order valence-electron chi connectivity index (χ3n) is 3.29. The van der Waals surface area contributed by atoms with Crippen molar-refractivity contribution in [3.63, 3.8) is 0 Å². The molecule has 0 radical (unpaired) electrons. The standard InChI is InChI=1S/C12H15BrN4S/c1-8(11-5-9(13)6-18-11)16-10-3-2-4-17-12(10)14-7-15-17/h5-8,10,16H,2-4H2,1H3/t8-,10+/m1/s1. The topological polar surface area (TPSA) is 42.7 Å². The lowest BCUT2D eigenvalue weighted by Gasteiger charge is -2.26. The van der Waals surface area contributed by atoms with Gasteiger partial charge in [-0.2, -0.15) is 5.10 Å². The van der Waals surface area contributed by atoms with Crippen molar-refractivity contribution in [2.24, 2.45) is 0 Å². The molecule has 0 saturated heterocycles. The van der Waals surface area contributed by atoms with Crippen molar-refractivity contribution in [2.45, 2.75) is 38.4 Å². The van der Waals surface area contributed by atoms with Crippen molar-refractivity contribution in [1.29, 1.82) is 0 Å². The second-order valence-corrected chi connectivity index (χ2v) is 6.45. The van der Waals surface area contributed by atoms with Crippen LogP contribution in [0.15, 0.2) is 22.2 Å². The van der Waals surface area contributed by atoms with Gasteiger partial charge < -0.3 is 0 Å². The molecule has 0 saturated carbocycles. The average Bonchev–Trinajstić information content (AvgIpc) is 2.97. The highest BCUT2D eigenvalue weighted by atomic mass is 79.9. The molecule has 3 rings (SSSR count). The molecule has 96 valence electrons. The van der Waals surface area contributed by atoms with Crippen LogP contribution in [0.5, 0.6) is 0 Å². The number of hydrogen-bond acceptors (Lipinski definition) is 4. The van der Waals surface area contributed by atoms with E-state index in [9.17, 15) is 0 Å². The zero-order valence-electron chi connectivity index (χ0n) is 10.1. The van der Waals surface area contributed by atoms with Crippen LogP contribution in [-0.4, -0.2) is 14.8 Å². The summed E-state index contributed by atoms with van der Waals surface area (Å²) < 4.78 is 3.17. The van der Waals surface area contributed by atoms with Gasteiger partial charge >= 0.3 is 0 Å². The van der Waals surface area contributed by atoms with E-state index in [4.69, 9.17) is 0 Å². The maximum Gasteiger partial charge on any atom is 0.143 e. The molecule has 0 fully saturated rings. The second-order valence-electron chi connectivity index (χ2n) is 4.59. The van der Waals surface area contributed by atoms with Gasteiger partial charge in [0, 0.05) is 27.3 Å². The van der Waals surface area contributed by atoms with E-state index in [1.165, 1.54) is 4.88 Å². The molecule has 0 aliphatic carbocycles. The molecule has 2 aromatic rings. The van der Waals surface area contributed by atoms with Crippen molar-refractivity contribution in [1.82, 2.24) is 20.1 Å². The Morgan fingerprint density at radius 1 is 1.61 bits per heavy atom. The molecular weight excluding hydrogens is 312 g/mol. The predicted octanol–water partition coefficient (Wildman–Crippen LogP) is 3.29. The summed E-state index contributed by atoms with van der Waals surface area (Å²) in [5.74, 6) is 1.07. The Morgan fingerprint density at radius 2 is 2.50 bits per heavy atom. The average molecular weight is 327 g/mol. The minimum absolute atomic E-state index is 0.317. The predicted molar refractivity (Wildman–Crippen MR) is 75.6 cm³/mol. The van der Waals surface area contributed by atoms with Gasteiger partial charge in [0.05, 0.1) is 6.04 Å². The van der Waals surface area contributed by atoms with Gasteiger partial charge in [-0.1, -0.05) is 0 Å². The van der Waals surface area contributed by atoms with Crippen LogP contribution in [0, 0.1) is 0 Å². The molecule has 1 aliphatic heterocycles. The molecule has 0 amide bonds. The maximum absolute atomic E-state index is 4.37. The summed E-state index contributed by atoms with van der Waals surface area (Å²) in [7, 11) is 0. The SMILES string of the molecule is C[C@@H](N[C@H]1CCCn2ncnc21)c1cc(Br)cs1. The number of rotatable bonds is 3. The molecule has 0 spiro atoms. The Hall–Kier alpha value is -0.720. The fourth-order valence-electron chi connectivity index (χ4n) is 2.39. The Balaban J connectivity index is 1.74. The minimum atomic E-state index is 0.317. The number of fused-ring (bicyclic) bond motifs is 1. The molecule has 0 unspecified atom stereocenters. The molecule has 0 bridgehead atoms. The Bertz CT molecular complexity index is 536. The van der Waals surface area contributed by atoms with E-state index in [0.717, 1.165) is 29.7 Å². The van der Waals surface area contributed by atoms with Crippen LogP contribution in [0.2, 0.25) is 0 Å². The van der Waals surface area contributed by atoms with E-state index >= 15 is 0 Å². The summed E-state index contributed by atoms with van der Waals surface area (Å²) in [6.45, 7) is 3.19. The summed E-state index contributed by atoms with van der Waals surface area (Å²) in [4.78, 5) is 5.72. The largest absolute Gasteiger partial charge is 0.300 e. The van der Waals surface area contributed by atoms with Crippen LogP contribution < -0.4 is 5.32 Å². The van der Waals surface area contributed by atoms with Crippen molar-refractivity contribution in [2.75, 3.05) is 0 Å². The van der Waals surface area contributed by atoms with Crippen LogP contribution in [0.3, 0.4) is 0 Å². The van der Waals surface area contributed by atoms with E-state index < -0.39 is 0 Å². The van der Waals surface area contributed by atoms with Gasteiger partial charge in [0.1, 0.15) is 12.2 Å². The maximum atomic E-state index is 4.37. The van der Waals surface area contributed by atoms with Crippen LogP contribution in [0.25, 0.3) is 0 Å². The van der Waals surface area contributed by atoms with Crippen LogP contribution in [0.1, 0.15) is 42.6 Å². The lowest BCUT2D eigenvalue weighted by atomic mass is 10.1. The summed E-state index contributed by atoms with van der Waals surface area (Å²) in [5.41, 5.74) is 0. The number of nitrogens with one attached hydrogen (secondary N) is 1. The minimum Gasteiger partial charge on any atom is -0.300 e. The molecular formula is C12H15BrN4S. The summed E-state index contributed by atoms with van der Waals surface area (Å²) in [5, 5.41) is 10.0. The first kappa shape index (κ1) is 12.3. The van der Waals surface area contributed by atoms with E-state index in [1.54, 1.807) is 17.7 Å². The number of halogens is 1. The number of nitrogens with zero attached hydrogens (tertiary/aromatic N) is 3. The molecule has 2 aromatic heterocycles. The number of thiophene rings is 1. The molecule has 4 nitrogen and oxygen atoms in total. The molecule has 0 aromatic carbocycles. The highest BCUT2D eigenvalue weighted by Gasteiger charge is 2.24. The van der Waals surface area contributed by atoms with Gasteiger partial charge in [-0.25, -0.2) is 9.67 Å². The lowest BCUT2D eigenvalue weighted by molar-refractivity contribution is 0.345. The molecule has 6 heteroatoms. The number of aryl methyl sites for hydroxylation is 1. The van der Waals surface area contributed by atoms with Gasteiger partial charge in [0.25, 0.3) is 0 Å². The van der Waals surface area contributed by atoms with E-state index in [1.807, 2.05) is 4.68 Å². The van der Waals surface area contributed by atoms with E-state index in [-0.39, 0.29) is 0 Å². The highest BCUT2D eigenvalue weighted by molar-refractivity contribution is 9.10. The molecule has 1 N–H and O–H groups in total. The number of hydrogen-bond donors (Lipinski definition) is 1. The fourth-order valence-corrected chi connectivity index (χ4v) is 3.85. The quantitative estimate of drug-likeness (QED) is 0.941. The van der Waals surface area contributed by atoms with Crippen LogP contribution in [-0.2, 0) is 6.54 Å². The van der Waals surface area contributed by atoms with Gasteiger partial charge in [-0.15, -0.1) is 11.3 Å². The van der Waals surface area contributed by atoms with Crippen molar-refractivity contribution in [3.8, 4) is 0 Å².